The molecule has 0 aliphatic rings. The van der Waals surface area contributed by atoms with Gasteiger partial charge in [0.25, 0.3) is 0 Å². The van der Waals surface area contributed by atoms with Crippen molar-refractivity contribution in [3.63, 3.8) is 0 Å². The Bertz CT molecular complexity index is 180. The lowest BCUT2D eigenvalue weighted by atomic mass is 10.3. The first-order valence-corrected chi connectivity index (χ1v) is 8.97. The van der Waals surface area contributed by atoms with Crippen molar-refractivity contribution in [3.8, 4) is 0 Å². The fourth-order valence-corrected chi connectivity index (χ4v) is 4.73. The third-order valence-corrected chi connectivity index (χ3v) is 6.54. The highest BCUT2D eigenvalue weighted by Gasteiger charge is 2.43. The molecular formula is C13H31NO2Si. The Morgan fingerprint density at radius 3 is 1.71 bits per heavy atom. The maximum Gasteiger partial charge on any atom is 0.427 e. The Balaban J connectivity index is 4.68. The molecule has 4 heteroatoms. The Hall–Kier alpha value is 0.0969. The Morgan fingerprint density at radius 1 is 0.941 bits per heavy atom. The van der Waals surface area contributed by atoms with Gasteiger partial charge in [0.05, 0.1) is 0 Å². The lowest BCUT2D eigenvalue weighted by Crippen LogP contribution is -2.61. The molecule has 0 heterocycles. The van der Waals surface area contributed by atoms with Crippen LogP contribution in [0.5, 0.6) is 0 Å². The van der Waals surface area contributed by atoms with Gasteiger partial charge in [0.2, 0.25) is 0 Å². The molecule has 0 saturated heterocycles. The van der Waals surface area contributed by atoms with E-state index >= 15 is 0 Å². The van der Waals surface area contributed by atoms with Crippen LogP contribution in [0.2, 0.25) is 5.54 Å². The van der Waals surface area contributed by atoms with Crippen LogP contribution in [0.1, 0.15) is 60.8 Å². The number of rotatable bonds is 10. The van der Waals surface area contributed by atoms with E-state index in [-0.39, 0.29) is 0 Å². The number of hydrogen-bond acceptors (Lipinski definition) is 3. The third kappa shape index (κ3) is 6.00. The minimum absolute atomic E-state index is 0.426. The van der Waals surface area contributed by atoms with E-state index in [9.17, 15) is 0 Å². The molecule has 104 valence electrons. The van der Waals surface area contributed by atoms with Crippen LogP contribution in [0, 0.1) is 0 Å². The summed E-state index contributed by atoms with van der Waals surface area (Å²) in [6, 6.07) is 0.456. The van der Waals surface area contributed by atoms with Crippen LogP contribution in [0.3, 0.4) is 0 Å². The van der Waals surface area contributed by atoms with Gasteiger partial charge in [-0.15, -0.1) is 0 Å². The molecule has 0 saturated carbocycles. The van der Waals surface area contributed by atoms with Gasteiger partial charge >= 0.3 is 8.72 Å². The molecule has 0 rings (SSSR count). The van der Waals surface area contributed by atoms with E-state index < -0.39 is 8.72 Å². The van der Waals surface area contributed by atoms with Gasteiger partial charge < -0.3 is 8.85 Å². The van der Waals surface area contributed by atoms with Gasteiger partial charge in [-0.1, -0.05) is 41.5 Å². The zero-order chi connectivity index (χ0) is 13.3. The average molecular weight is 261 g/mol. The van der Waals surface area contributed by atoms with Crippen molar-refractivity contribution < 1.29 is 8.85 Å². The second-order valence-corrected chi connectivity index (χ2v) is 8.33. The van der Waals surface area contributed by atoms with Crippen LogP contribution in [0.4, 0.5) is 0 Å². The van der Waals surface area contributed by atoms with Gasteiger partial charge in [0.1, 0.15) is 0 Å². The highest BCUT2D eigenvalue weighted by Crippen LogP contribution is 2.22. The zero-order valence-electron chi connectivity index (χ0n) is 12.5. The minimum Gasteiger partial charge on any atom is -0.383 e. The molecule has 17 heavy (non-hydrogen) atoms. The highest BCUT2D eigenvalue weighted by molar-refractivity contribution is 6.66. The fraction of sp³-hybridized carbons (Fsp3) is 1.00. The molecule has 0 aromatic heterocycles. The minimum atomic E-state index is -2.25. The van der Waals surface area contributed by atoms with Crippen molar-refractivity contribution in [2.24, 2.45) is 0 Å². The third-order valence-electron chi connectivity index (χ3n) is 2.86. The average Bonchev–Trinajstić information content (AvgIpc) is 2.32. The van der Waals surface area contributed by atoms with Crippen molar-refractivity contribution in [2.45, 2.75) is 72.4 Å². The maximum atomic E-state index is 6.12. The molecule has 0 bridgehead atoms. The van der Waals surface area contributed by atoms with Gasteiger partial charge in [-0.2, -0.15) is 0 Å². The van der Waals surface area contributed by atoms with Crippen molar-refractivity contribution in [1.82, 2.24) is 4.98 Å². The first-order chi connectivity index (χ1) is 8.02. The molecule has 0 radical (unpaired) electrons. The molecule has 0 aliphatic heterocycles. The molecule has 0 amide bonds. The molecule has 0 spiro atoms. The summed E-state index contributed by atoms with van der Waals surface area (Å²) >= 11 is 0. The lowest BCUT2D eigenvalue weighted by Gasteiger charge is -2.36. The van der Waals surface area contributed by atoms with Crippen molar-refractivity contribution >= 4 is 8.72 Å². The van der Waals surface area contributed by atoms with Gasteiger partial charge in [0, 0.05) is 24.8 Å². The molecule has 0 fully saturated rings. The second kappa shape index (κ2) is 9.08. The summed E-state index contributed by atoms with van der Waals surface area (Å²) < 4.78 is 12.2. The summed E-state index contributed by atoms with van der Waals surface area (Å²) in [7, 11) is -2.25. The van der Waals surface area contributed by atoms with E-state index in [1.54, 1.807) is 0 Å². The summed E-state index contributed by atoms with van der Waals surface area (Å²) in [6.07, 6.45) is 3.19. The van der Waals surface area contributed by atoms with Crippen LogP contribution >= 0.6 is 0 Å². The molecular weight excluding hydrogens is 230 g/mol. The molecule has 3 nitrogen and oxygen atoms in total. The first kappa shape index (κ1) is 17.1. The topological polar surface area (TPSA) is 30.5 Å². The smallest absolute Gasteiger partial charge is 0.383 e. The summed E-state index contributed by atoms with van der Waals surface area (Å²) in [6.45, 7) is 14.7. The van der Waals surface area contributed by atoms with Crippen molar-refractivity contribution in [3.05, 3.63) is 0 Å². The zero-order valence-corrected chi connectivity index (χ0v) is 13.5. The largest absolute Gasteiger partial charge is 0.427 e. The van der Waals surface area contributed by atoms with E-state index in [1.165, 1.54) is 0 Å². The van der Waals surface area contributed by atoms with E-state index in [4.69, 9.17) is 8.85 Å². The SMILES string of the molecule is CCCO[Si](NC(C)CC)(OCCC)C(C)C. The summed E-state index contributed by atoms with van der Waals surface area (Å²) in [5, 5.41) is 0. The maximum absolute atomic E-state index is 6.12. The standard InChI is InChI=1S/C13H31NO2Si/c1-7-10-15-17(12(4)5,16-11-8-2)14-13(6)9-3/h12-14H,7-11H2,1-6H3. The second-order valence-electron chi connectivity index (χ2n) is 4.97. The Kier molecular flexibility index (Phi) is 9.14. The van der Waals surface area contributed by atoms with Gasteiger partial charge in [0.15, 0.2) is 0 Å². The monoisotopic (exact) mass is 261 g/mol. The van der Waals surface area contributed by atoms with Crippen LogP contribution in [-0.2, 0) is 8.85 Å². The fourth-order valence-electron chi connectivity index (χ4n) is 1.58. The van der Waals surface area contributed by atoms with Crippen LogP contribution in [0.15, 0.2) is 0 Å². The van der Waals surface area contributed by atoms with Crippen LogP contribution < -0.4 is 4.98 Å². The normalized spacial score (nSPS) is 14.3. The summed E-state index contributed by atoms with van der Waals surface area (Å²) in [5.41, 5.74) is 0.426. The van der Waals surface area contributed by atoms with E-state index in [2.05, 4.69) is 46.5 Å². The number of nitrogens with one attached hydrogen (secondary N) is 1. The molecule has 1 atom stereocenters. The molecule has 1 unspecified atom stereocenters. The van der Waals surface area contributed by atoms with E-state index in [1.807, 2.05) is 0 Å². The first-order valence-electron chi connectivity index (χ1n) is 7.07. The van der Waals surface area contributed by atoms with Crippen LogP contribution in [0.25, 0.3) is 0 Å². The predicted molar refractivity (Wildman–Crippen MR) is 76.2 cm³/mol. The summed E-state index contributed by atoms with van der Waals surface area (Å²) in [4.78, 5) is 3.64. The highest BCUT2D eigenvalue weighted by atomic mass is 28.4. The van der Waals surface area contributed by atoms with Gasteiger partial charge in [-0.05, 0) is 19.3 Å². The molecule has 0 aliphatic carbocycles. The lowest BCUT2D eigenvalue weighted by molar-refractivity contribution is 0.145. The summed E-state index contributed by atoms with van der Waals surface area (Å²) in [5.74, 6) is 0. The van der Waals surface area contributed by atoms with Crippen molar-refractivity contribution in [1.29, 1.82) is 0 Å². The molecule has 0 aromatic carbocycles. The van der Waals surface area contributed by atoms with Crippen molar-refractivity contribution in [2.75, 3.05) is 13.2 Å². The van der Waals surface area contributed by atoms with E-state index in [0.29, 0.717) is 11.6 Å². The number of hydrogen-bond donors (Lipinski definition) is 1. The van der Waals surface area contributed by atoms with E-state index in [0.717, 1.165) is 32.5 Å². The van der Waals surface area contributed by atoms with Gasteiger partial charge in [-0.25, -0.2) is 0 Å². The molecule has 0 aromatic rings. The van der Waals surface area contributed by atoms with Gasteiger partial charge in [-0.3, -0.25) is 4.98 Å². The quantitative estimate of drug-likeness (QED) is 0.610. The Morgan fingerprint density at radius 2 is 1.41 bits per heavy atom. The predicted octanol–water partition coefficient (Wildman–Crippen LogP) is 3.58. The molecule has 1 N–H and O–H groups in total. The Labute approximate surface area is 109 Å². The van der Waals surface area contributed by atoms with Crippen LogP contribution in [-0.4, -0.2) is 28.0 Å².